The molecule has 0 radical (unpaired) electrons. The number of aliphatic hydroxyl groups is 2. The monoisotopic (exact) mass is 409 g/mol. The van der Waals surface area contributed by atoms with Crippen molar-refractivity contribution in [1.82, 2.24) is 5.32 Å². The fourth-order valence-electron chi connectivity index (χ4n) is 3.72. The molecule has 0 atom stereocenters. The van der Waals surface area contributed by atoms with Gasteiger partial charge in [0.05, 0.1) is 12.2 Å². The molecule has 156 valence electrons. The van der Waals surface area contributed by atoms with Crippen molar-refractivity contribution in [3.05, 3.63) is 71.5 Å². The summed E-state index contributed by atoms with van der Waals surface area (Å²) in [5.74, 6) is -0.601. The van der Waals surface area contributed by atoms with Gasteiger partial charge in [0, 0.05) is 43.7 Å². The molecule has 4 rings (SSSR count). The summed E-state index contributed by atoms with van der Waals surface area (Å²) in [6, 6.07) is 15.4. The molecule has 0 saturated carbocycles. The molecule has 1 fully saturated rings. The lowest BCUT2D eigenvalue weighted by Gasteiger charge is -2.32. The molecule has 3 aromatic rings. The first-order valence-corrected chi connectivity index (χ1v) is 9.99. The molecular weight excluding hydrogens is 385 g/mol. The van der Waals surface area contributed by atoms with Crippen molar-refractivity contribution in [3.8, 4) is 11.1 Å². The first-order chi connectivity index (χ1) is 14.5. The SMILES string of the molecule is O=C(NCC1(O)CCOCC1)c1ccc2cc(-c3cc(CO)ccc3F)ccc2c1. The second-order valence-electron chi connectivity index (χ2n) is 7.77. The van der Waals surface area contributed by atoms with Crippen molar-refractivity contribution < 1.29 is 24.1 Å². The minimum absolute atomic E-state index is 0.151. The van der Waals surface area contributed by atoms with Crippen molar-refractivity contribution >= 4 is 16.7 Å². The van der Waals surface area contributed by atoms with Gasteiger partial charge in [-0.1, -0.05) is 24.3 Å². The Morgan fingerprint density at radius 2 is 1.77 bits per heavy atom. The van der Waals surface area contributed by atoms with Crippen molar-refractivity contribution in [3.63, 3.8) is 0 Å². The molecule has 6 heteroatoms. The Bertz CT molecular complexity index is 1080. The van der Waals surface area contributed by atoms with Gasteiger partial charge in [0.1, 0.15) is 5.82 Å². The molecule has 0 spiro atoms. The Morgan fingerprint density at radius 3 is 2.53 bits per heavy atom. The molecule has 3 N–H and O–H groups in total. The van der Waals surface area contributed by atoms with Crippen LogP contribution in [0.5, 0.6) is 0 Å². The third-order valence-electron chi connectivity index (χ3n) is 5.63. The molecule has 0 aliphatic carbocycles. The number of fused-ring (bicyclic) bond motifs is 1. The summed E-state index contributed by atoms with van der Waals surface area (Å²) in [6.45, 7) is 1.02. The normalized spacial score (nSPS) is 15.8. The van der Waals surface area contributed by atoms with E-state index >= 15 is 0 Å². The maximum Gasteiger partial charge on any atom is 0.251 e. The van der Waals surface area contributed by atoms with E-state index in [1.807, 2.05) is 18.2 Å². The lowest BCUT2D eigenvalue weighted by atomic mass is 9.94. The van der Waals surface area contributed by atoms with Crippen LogP contribution in [0.4, 0.5) is 4.39 Å². The summed E-state index contributed by atoms with van der Waals surface area (Å²) >= 11 is 0. The molecule has 1 aliphatic heterocycles. The molecule has 1 heterocycles. The molecule has 30 heavy (non-hydrogen) atoms. The first-order valence-electron chi connectivity index (χ1n) is 9.99. The second kappa shape index (κ2) is 8.52. The average Bonchev–Trinajstić information content (AvgIpc) is 2.77. The van der Waals surface area contributed by atoms with Gasteiger partial charge >= 0.3 is 0 Å². The highest BCUT2D eigenvalue weighted by Crippen LogP contribution is 2.28. The van der Waals surface area contributed by atoms with Crippen LogP contribution < -0.4 is 5.32 Å². The van der Waals surface area contributed by atoms with Crippen LogP contribution in [0, 0.1) is 5.82 Å². The van der Waals surface area contributed by atoms with E-state index < -0.39 is 5.60 Å². The van der Waals surface area contributed by atoms with Gasteiger partial charge in [0.25, 0.3) is 5.91 Å². The number of hydrogen-bond acceptors (Lipinski definition) is 4. The minimum atomic E-state index is -0.924. The number of benzene rings is 3. The predicted octanol–water partition coefficient (Wildman–Crippen LogP) is 3.41. The zero-order valence-electron chi connectivity index (χ0n) is 16.5. The maximum absolute atomic E-state index is 14.3. The molecule has 1 aliphatic rings. The third kappa shape index (κ3) is 4.36. The van der Waals surface area contributed by atoms with E-state index in [0.29, 0.717) is 48.3 Å². The highest BCUT2D eigenvalue weighted by molar-refractivity contribution is 5.99. The van der Waals surface area contributed by atoms with E-state index in [0.717, 1.165) is 10.8 Å². The molecule has 0 unspecified atom stereocenters. The standard InChI is InChI=1S/C24H24FNO4/c25-22-6-1-16(14-27)11-21(22)19-4-2-18-13-20(5-3-17(18)12-19)23(28)26-15-24(29)7-9-30-10-8-24/h1-6,11-13,27,29H,7-10,14-15H2,(H,26,28). The number of carbonyl (C=O) groups excluding carboxylic acids is 1. The van der Waals surface area contributed by atoms with Crippen molar-refractivity contribution in [1.29, 1.82) is 0 Å². The highest BCUT2D eigenvalue weighted by Gasteiger charge is 2.30. The zero-order valence-corrected chi connectivity index (χ0v) is 16.5. The van der Waals surface area contributed by atoms with Crippen LogP contribution in [0.15, 0.2) is 54.6 Å². The van der Waals surface area contributed by atoms with Crippen molar-refractivity contribution in [2.45, 2.75) is 25.0 Å². The molecule has 3 aromatic carbocycles. The van der Waals surface area contributed by atoms with Gasteiger partial charge < -0.3 is 20.3 Å². The number of hydrogen-bond donors (Lipinski definition) is 3. The Morgan fingerprint density at radius 1 is 1.03 bits per heavy atom. The predicted molar refractivity (Wildman–Crippen MR) is 113 cm³/mol. The Labute approximate surface area is 174 Å². The van der Waals surface area contributed by atoms with Crippen LogP contribution in [0.25, 0.3) is 21.9 Å². The van der Waals surface area contributed by atoms with E-state index in [1.165, 1.54) is 6.07 Å². The summed E-state index contributed by atoms with van der Waals surface area (Å²) in [5.41, 5.74) is 1.35. The summed E-state index contributed by atoms with van der Waals surface area (Å²) in [5, 5.41) is 24.4. The second-order valence-corrected chi connectivity index (χ2v) is 7.77. The summed E-state index contributed by atoms with van der Waals surface area (Å²) in [7, 11) is 0. The fraction of sp³-hybridized carbons (Fsp3) is 0.292. The van der Waals surface area contributed by atoms with Crippen molar-refractivity contribution in [2.75, 3.05) is 19.8 Å². The van der Waals surface area contributed by atoms with Gasteiger partial charge in [-0.15, -0.1) is 0 Å². The molecule has 0 bridgehead atoms. The van der Waals surface area contributed by atoms with E-state index in [9.17, 15) is 19.4 Å². The van der Waals surface area contributed by atoms with E-state index in [4.69, 9.17) is 4.74 Å². The van der Waals surface area contributed by atoms with Gasteiger partial charge in [-0.05, 0) is 52.2 Å². The van der Waals surface area contributed by atoms with Crippen LogP contribution in [-0.2, 0) is 11.3 Å². The summed E-state index contributed by atoms with van der Waals surface area (Å²) < 4.78 is 19.5. The molecule has 5 nitrogen and oxygen atoms in total. The van der Waals surface area contributed by atoms with Gasteiger partial charge in [-0.25, -0.2) is 4.39 Å². The van der Waals surface area contributed by atoms with Crippen molar-refractivity contribution in [2.24, 2.45) is 0 Å². The lowest BCUT2D eigenvalue weighted by molar-refractivity contribution is -0.0605. The number of aliphatic hydroxyl groups excluding tert-OH is 1. The third-order valence-corrected chi connectivity index (χ3v) is 5.63. The maximum atomic E-state index is 14.3. The Hall–Kier alpha value is -2.80. The van der Waals surface area contributed by atoms with Crippen LogP contribution in [0.1, 0.15) is 28.8 Å². The van der Waals surface area contributed by atoms with Crippen LogP contribution in [-0.4, -0.2) is 41.5 Å². The minimum Gasteiger partial charge on any atom is -0.392 e. The van der Waals surface area contributed by atoms with Gasteiger partial charge in [0.15, 0.2) is 0 Å². The fourth-order valence-corrected chi connectivity index (χ4v) is 3.72. The van der Waals surface area contributed by atoms with Crippen LogP contribution in [0.3, 0.4) is 0 Å². The zero-order chi connectivity index (χ0) is 21.1. The quantitative estimate of drug-likeness (QED) is 0.604. The number of nitrogens with one attached hydrogen (secondary N) is 1. The number of ether oxygens (including phenoxy) is 1. The van der Waals surface area contributed by atoms with E-state index in [-0.39, 0.29) is 24.9 Å². The lowest BCUT2D eigenvalue weighted by Crippen LogP contribution is -2.46. The number of rotatable bonds is 5. The van der Waals surface area contributed by atoms with Crippen LogP contribution in [0.2, 0.25) is 0 Å². The first kappa shape index (κ1) is 20.5. The van der Waals surface area contributed by atoms with Gasteiger partial charge in [0.2, 0.25) is 0 Å². The molecule has 1 amide bonds. The topological polar surface area (TPSA) is 78.8 Å². The number of carbonyl (C=O) groups is 1. The summed E-state index contributed by atoms with van der Waals surface area (Å²) in [6.07, 6.45) is 1.00. The number of halogens is 1. The van der Waals surface area contributed by atoms with E-state index in [2.05, 4.69) is 5.32 Å². The average molecular weight is 409 g/mol. The Kier molecular flexibility index (Phi) is 5.81. The summed E-state index contributed by atoms with van der Waals surface area (Å²) in [4.78, 5) is 12.6. The van der Waals surface area contributed by atoms with Gasteiger partial charge in [-0.2, -0.15) is 0 Å². The van der Waals surface area contributed by atoms with E-state index in [1.54, 1.807) is 30.3 Å². The largest absolute Gasteiger partial charge is 0.392 e. The van der Waals surface area contributed by atoms with Gasteiger partial charge in [-0.3, -0.25) is 4.79 Å². The number of amides is 1. The molecular formula is C24H24FNO4. The smallest absolute Gasteiger partial charge is 0.251 e. The Balaban J connectivity index is 1.54. The molecule has 0 aromatic heterocycles. The molecule has 1 saturated heterocycles. The highest BCUT2D eigenvalue weighted by atomic mass is 19.1. The van der Waals surface area contributed by atoms with Crippen LogP contribution >= 0.6 is 0 Å².